The van der Waals surface area contributed by atoms with Gasteiger partial charge in [-0.05, 0) is 58.3 Å². The third-order valence-electron chi connectivity index (χ3n) is 5.36. The number of nitriles is 1. The number of nitrogens with one attached hydrogen (secondary N) is 1. The van der Waals surface area contributed by atoms with Crippen LogP contribution in [0.4, 0.5) is 0 Å². The number of nitrogens with zero attached hydrogens (tertiary/aromatic N) is 3. The SMILES string of the molecule is CCC[C@H](NC(=O)/C(C#N)=C/c1cccc(Br)n1)c1ccc(OC/C=N/OCCOCCOCCOCCN)cc1. The molecule has 2 aromatic rings. The van der Waals surface area contributed by atoms with Crippen LogP contribution in [-0.4, -0.2) is 76.5 Å². The molecule has 1 amide bonds. The van der Waals surface area contributed by atoms with Crippen molar-refractivity contribution in [3.05, 3.63) is 63.9 Å². The minimum absolute atomic E-state index is 0.0148. The second kappa shape index (κ2) is 21.4. The van der Waals surface area contributed by atoms with Gasteiger partial charge in [-0.15, -0.1) is 0 Å². The van der Waals surface area contributed by atoms with Gasteiger partial charge in [0, 0.05) is 6.54 Å². The molecule has 1 aromatic carbocycles. The van der Waals surface area contributed by atoms with Crippen LogP contribution in [0.25, 0.3) is 6.08 Å². The molecule has 0 unspecified atom stereocenters. The molecule has 0 saturated heterocycles. The molecule has 0 radical (unpaired) electrons. The lowest BCUT2D eigenvalue weighted by Gasteiger charge is -2.19. The van der Waals surface area contributed by atoms with E-state index in [4.69, 9.17) is 29.5 Å². The molecule has 3 N–H and O–H groups in total. The van der Waals surface area contributed by atoms with Crippen molar-refractivity contribution < 1.29 is 28.6 Å². The molecule has 1 atom stereocenters. The van der Waals surface area contributed by atoms with Gasteiger partial charge in [0.1, 0.15) is 35.2 Å². The second-order valence-corrected chi connectivity index (χ2v) is 9.31. The highest BCUT2D eigenvalue weighted by molar-refractivity contribution is 9.10. The van der Waals surface area contributed by atoms with Gasteiger partial charge in [-0.25, -0.2) is 4.98 Å². The number of pyridine rings is 1. The Bertz CT molecular complexity index is 1120. The maximum atomic E-state index is 12.8. The number of nitrogens with two attached hydrogens (primary N) is 1. The highest BCUT2D eigenvalue weighted by Crippen LogP contribution is 2.22. The minimum Gasteiger partial charge on any atom is -0.488 e. The van der Waals surface area contributed by atoms with Crippen LogP contribution in [0.15, 0.2) is 57.8 Å². The Labute approximate surface area is 249 Å². The van der Waals surface area contributed by atoms with Crippen LogP contribution in [0.3, 0.4) is 0 Å². The van der Waals surface area contributed by atoms with Gasteiger partial charge < -0.3 is 34.8 Å². The average Bonchev–Trinajstić information content (AvgIpc) is 2.98. The number of benzene rings is 1. The van der Waals surface area contributed by atoms with Crippen molar-refractivity contribution in [1.82, 2.24) is 10.3 Å². The smallest absolute Gasteiger partial charge is 0.262 e. The number of carbonyl (C=O) groups excluding carboxylic acids is 1. The molecule has 2 rings (SSSR count). The molecule has 0 bridgehead atoms. The first-order valence-electron chi connectivity index (χ1n) is 13.4. The summed E-state index contributed by atoms with van der Waals surface area (Å²) in [4.78, 5) is 22.3. The number of amides is 1. The topological polar surface area (TPSA) is 150 Å². The molecule has 41 heavy (non-hydrogen) atoms. The molecular formula is C29H38BrN5O6. The Morgan fingerprint density at radius 1 is 1.07 bits per heavy atom. The van der Waals surface area contributed by atoms with E-state index in [1.54, 1.807) is 18.2 Å². The summed E-state index contributed by atoms with van der Waals surface area (Å²) >= 11 is 3.30. The Kier molecular flexibility index (Phi) is 17.7. The summed E-state index contributed by atoms with van der Waals surface area (Å²) in [6.45, 7) is 6.00. The Balaban J connectivity index is 1.70. The Hall–Kier alpha value is -3.34. The highest BCUT2D eigenvalue weighted by Gasteiger charge is 2.17. The van der Waals surface area contributed by atoms with Crippen molar-refractivity contribution in [1.29, 1.82) is 5.26 Å². The normalized spacial score (nSPS) is 12.2. The molecule has 0 aliphatic carbocycles. The molecule has 0 spiro atoms. The average molecular weight is 633 g/mol. The number of aromatic nitrogens is 1. The minimum atomic E-state index is -0.452. The summed E-state index contributed by atoms with van der Waals surface area (Å²) in [6, 6.07) is 14.4. The van der Waals surface area contributed by atoms with E-state index in [9.17, 15) is 10.1 Å². The maximum absolute atomic E-state index is 12.8. The van der Waals surface area contributed by atoms with Crippen LogP contribution < -0.4 is 15.8 Å². The molecule has 1 aromatic heterocycles. The van der Waals surface area contributed by atoms with Gasteiger partial charge >= 0.3 is 0 Å². The van der Waals surface area contributed by atoms with E-state index in [0.717, 1.165) is 12.0 Å². The Morgan fingerprint density at radius 2 is 1.76 bits per heavy atom. The third-order valence-corrected chi connectivity index (χ3v) is 5.80. The second-order valence-electron chi connectivity index (χ2n) is 8.50. The lowest BCUT2D eigenvalue weighted by atomic mass is 10.0. The molecule has 11 nitrogen and oxygen atoms in total. The maximum Gasteiger partial charge on any atom is 0.262 e. The number of oxime groups is 1. The van der Waals surface area contributed by atoms with Gasteiger partial charge in [0.25, 0.3) is 5.91 Å². The molecular weight excluding hydrogens is 594 g/mol. The van der Waals surface area contributed by atoms with Crippen molar-refractivity contribution in [2.45, 2.75) is 25.8 Å². The number of hydrogen-bond donors (Lipinski definition) is 2. The zero-order valence-electron chi connectivity index (χ0n) is 23.3. The first kappa shape index (κ1) is 33.9. The Morgan fingerprint density at radius 3 is 2.39 bits per heavy atom. The van der Waals surface area contributed by atoms with Crippen molar-refractivity contribution in [3.63, 3.8) is 0 Å². The first-order valence-corrected chi connectivity index (χ1v) is 14.2. The van der Waals surface area contributed by atoms with Gasteiger partial charge in [0.05, 0.1) is 57.6 Å². The molecule has 12 heteroatoms. The molecule has 1 heterocycles. The van der Waals surface area contributed by atoms with Crippen LogP contribution in [0.2, 0.25) is 0 Å². The summed E-state index contributed by atoms with van der Waals surface area (Å²) in [5, 5.41) is 16.4. The summed E-state index contributed by atoms with van der Waals surface area (Å²) < 4.78 is 22.3. The van der Waals surface area contributed by atoms with E-state index >= 15 is 0 Å². The van der Waals surface area contributed by atoms with Crippen molar-refractivity contribution >= 4 is 34.1 Å². The fourth-order valence-electron chi connectivity index (χ4n) is 3.43. The van der Waals surface area contributed by atoms with Crippen molar-refractivity contribution in [3.8, 4) is 11.8 Å². The van der Waals surface area contributed by atoms with E-state index in [0.29, 0.717) is 75.3 Å². The molecule has 0 fully saturated rings. The van der Waals surface area contributed by atoms with E-state index in [-0.39, 0.29) is 18.2 Å². The van der Waals surface area contributed by atoms with Crippen LogP contribution in [0.1, 0.15) is 37.1 Å². The largest absolute Gasteiger partial charge is 0.488 e. The van der Waals surface area contributed by atoms with Gasteiger partial charge in [-0.3, -0.25) is 4.79 Å². The highest BCUT2D eigenvalue weighted by atomic mass is 79.9. The predicted molar refractivity (Wildman–Crippen MR) is 159 cm³/mol. The van der Waals surface area contributed by atoms with Crippen LogP contribution in [0.5, 0.6) is 5.75 Å². The molecule has 222 valence electrons. The van der Waals surface area contributed by atoms with E-state index in [2.05, 4.69) is 31.4 Å². The standard InChI is InChI=1S/C29H38BrN5O6/c1-2-4-27(35-29(36)24(22-32)21-25-5-3-6-28(30)34-25)23-7-9-26(10-8-23)40-14-12-33-41-20-19-39-18-17-38-16-15-37-13-11-31/h3,5-10,12,21,27H,2,4,11,13-20,31H2,1H3,(H,35,36)/b24-21+,33-12+/t27-/m0/s1. The predicted octanol–water partition coefficient (Wildman–Crippen LogP) is 3.80. The summed E-state index contributed by atoms with van der Waals surface area (Å²) in [5.74, 6) is 0.198. The summed E-state index contributed by atoms with van der Waals surface area (Å²) in [6.07, 6.45) is 4.55. The van der Waals surface area contributed by atoms with Gasteiger partial charge in [-0.1, -0.05) is 36.7 Å². The zero-order valence-corrected chi connectivity index (χ0v) is 24.9. The van der Waals surface area contributed by atoms with Crippen LogP contribution >= 0.6 is 15.9 Å². The number of ether oxygens (including phenoxy) is 4. The molecule has 0 aliphatic rings. The van der Waals surface area contributed by atoms with Gasteiger partial charge in [0.2, 0.25) is 0 Å². The van der Waals surface area contributed by atoms with E-state index < -0.39 is 5.91 Å². The summed E-state index contributed by atoms with van der Waals surface area (Å²) in [5.41, 5.74) is 6.74. The van der Waals surface area contributed by atoms with Gasteiger partial charge in [0.15, 0.2) is 0 Å². The fraction of sp³-hybridized carbons (Fsp3) is 0.448. The van der Waals surface area contributed by atoms with E-state index in [1.807, 2.05) is 37.3 Å². The number of carbonyl (C=O) groups is 1. The van der Waals surface area contributed by atoms with Crippen molar-refractivity contribution in [2.75, 3.05) is 59.4 Å². The lowest BCUT2D eigenvalue weighted by molar-refractivity contribution is -0.117. The molecule has 0 aliphatic heterocycles. The number of halogens is 1. The van der Waals surface area contributed by atoms with Crippen LogP contribution in [0, 0.1) is 11.3 Å². The van der Waals surface area contributed by atoms with Crippen LogP contribution in [-0.2, 0) is 23.8 Å². The van der Waals surface area contributed by atoms with E-state index in [1.165, 1.54) is 12.3 Å². The fourth-order valence-corrected chi connectivity index (χ4v) is 3.79. The number of rotatable bonds is 21. The number of hydrogen-bond acceptors (Lipinski definition) is 10. The monoisotopic (exact) mass is 631 g/mol. The van der Waals surface area contributed by atoms with Crippen molar-refractivity contribution in [2.24, 2.45) is 10.9 Å². The quantitative estimate of drug-likeness (QED) is 0.0523. The first-order chi connectivity index (χ1) is 20.1. The summed E-state index contributed by atoms with van der Waals surface area (Å²) in [7, 11) is 0. The third kappa shape index (κ3) is 14.7. The lowest BCUT2D eigenvalue weighted by Crippen LogP contribution is -2.29. The zero-order chi connectivity index (χ0) is 29.5. The van der Waals surface area contributed by atoms with Gasteiger partial charge in [-0.2, -0.15) is 5.26 Å². The molecule has 0 saturated carbocycles.